The van der Waals surface area contributed by atoms with E-state index in [1.165, 1.54) is 11.8 Å². The first-order valence-corrected chi connectivity index (χ1v) is 7.94. The van der Waals surface area contributed by atoms with E-state index in [-0.39, 0.29) is 17.2 Å². The highest BCUT2D eigenvalue weighted by Gasteiger charge is 2.13. The molecule has 0 spiro atoms. The zero-order chi connectivity index (χ0) is 15.1. The van der Waals surface area contributed by atoms with Gasteiger partial charge in [-0.15, -0.1) is 11.8 Å². The number of esters is 1. The molecule has 0 saturated carbocycles. The van der Waals surface area contributed by atoms with E-state index in [9.17, 15) is 4.79 Å². The number of hydrogen-bond acceptors (Lipinski definition) is 5. The maximum Gasteiger partial charge on any atom is 0.339 e. The summed E-state index contributed by atoms with van der Waals surface area (Å²) in [5, 5.41) is 3.24. The van der Waals surface area contributed by atoms with Crippen molar-refractivity contribution >= 4 is 40.8 Å². The zero-order valence-corrected chi connectivity index (χ0v) is 13.7. The van der Waals surface area contributed by atoms with Gasteiger partial charge in [-0.25, -0.2) is 4.79 Å². The summed E-state index contributed by atoms with van der Waals surface area (Å²) in [5.74, 6) is -0.337. The van der Waals surface area contributed by atoms with Gasteiger partial charge in [-0.05, 0) is 57.4 Å². The van der Waals surface area contributed by atoms with Crippen LogP contribution in [0.3, 0.4) is 0 Å². The Morgan fingerprint density at radius 1 is 1.45 bits per heavy atom. The van der Waals surface area contributed by atoms with Crippen LogP contribution in [0.4, 0.5) is 5.69 Å². The average Bonchev–Trinajstić information content (AvgIpc) is 2.37. The molecule has 0 fully saturated rings. The van der Waals surface area contributed by atoms with Gasteiger partial charge in [0.05, 0.1) is 18.3 Å². The van der Waals surface area contributed by atoms with Crippen molar-refractivity contribution in [3.8, 4) is 0 Å². The second kappa shape index (κ2) is 8.11. The molecule has 1 N–H and O–H groups in total. The van der Waals surface area contributed by atoms with Crippen LogP contribution in [-0.2, 0) is 9.47 Å². The summed E-state index contributed by atoms with van der Waals surface area (Å²) in [6.45, 7) is 5.92. The fourth-order valence-corrected chi connectivity index (χ4v) is 2.39. The van der Waals surface area contributed by atoms with Crippen LogP contribution in [-0.4, -0.2) is 30.1 Å². The van der Waals surface area contributed by atoms with Crippen molar-refractivity contribution in [1.82, 2.24) is 0 Å². The van der Waals surface area contributed by atoms with Crippen molar-refractivity contribution in [3.05, 3.63) is 23.8 Å². The summed E-state index contributed by atoms with van der Waals surface area (Å²) in [4.78, 5) is 12.8. The number of benzene rings is 1. The van der Waals surface area contributed by atoms with Crippen LogP contribution in [0.15, 0.2) is 23.1 Å². The lowest BCUT2D eigenvalue weighted by molar-refractivity contribution is 0.0522. The van der Waals surface area contributed by atoms with Crippen molar-refractivity contribution in [3.63, 3.8) is 0 Å². The number of thioether (sulfide) groups is 1. The van der Waals surface area contributed by atoms with E-state index in [0.29, 0.717) is 17.9 Å². The molecule has 0 heterocycles. The number of hydrogen-bond donors (Lipinski definition) is 1. The minimum absolute atomic E-state index is 0.00463. The van der Waals surface area contributed by atoms with Crippen molar-refractivity contribution in [1.29, 1.82) is 0 Å². The minimum Gasteiger partial charge on any atom is -0.468 e. The summed E-state index contributed by atoms with van der Waals surface area (Å²) in [7, 11) is 0. The van der Waals surface area contributed by atoms with E-state index in [4.69, 9.17) is 21.7 Å². The normalized spacial score (nSPS) is 10.2. The van der Waals surface area contributed by atoms with Crippen molar-refractivity contribution in [2.45, 2.75) is 31.8 Å². The molecule has 0 bridgehead atoms. The molecule has 0 aliphatic carbocycles. The molecule has 0 aliphatic heterocycles. The maximum atomic E-state index is 11.9. The number of thiocarbonyl (C=S) groups is 1. The quantitative estimate of drug-likeness (QED) is 0.508. The van der Waals surface area contributed by atoms with Gasteiger partial charge in [0.25, 0.3) is 5.17 Å². The van der Waals surface area contributed by atoms with Gasteiger partial charge in [-0.3, -0.25) is 0 Å². The van der Waals surface area contributed by atoms with Gasteiger partial charge in [0.1, 0.15) is 0 Å². The number of nitrogens with one attached hydrogen (secondary N) is 1. The molecule has 1 rings (SSSR count). The van der Waals surface area contributed by atoms with Gasteiger partial charge < -0.3 is 14.8 Å². The Morgan fingerprint density at radius 2 is 2.15 bits per heavy atom. The monoisotopic (exact) mass is 313 g/mol. The lowest BCUT2D eigenvalue weighted by Crippen LogP contribution is -2.18. The third-order valence-corrected chi connectivity index (χ3v) is 3.28. The van der Waals surface area contributed by atoms with Gasteiger partial charge in [-0.1, -0.05) is 0 Å². The van der Waals surface area contributed by atoms with E-state index < -0.39 is 0 Å². The zero-order valence-electron chi connectivity index (χ0n) is 12.1. The van der Waals surface area contributed by atoms with Gasteiger partial charge in [0.15, 0.2) is 0 Å². The van der Waals surface area contributed by atoms with Crippen LogP contribution in [0.1, 0.15) is 31.1 Å². The standard InChI is InChI=1S/C14H19NO3S2/c1-5-17-13(16)11-8-10(6-7-12(11)20-4)15-14(19)18-9(2)3/h6-9H,5H2,1-4H3,(H,15,19). The van der Waals surface area contributed by atoms with Crippen LogP contribution in [0, 0.1) is 0 Å². The molecule has 4 nitrogen and oxygen atoms in total. The lowest BCUT2D eigenvalue weighted by atomic mass is 10.2. The summed E-state index contributed by atoms with van der Waals surface area (Å²) >= 11 is 6.57. The molecule has 20 heavy (non-hydrogen) atoms. The Bertz CT molecular complexity index is 489. The predicted octanol–water partition coefficient (Wildman–Crippen LogP) is 3.71. The van der Waals surface area contributed by atoms with Gasteiger partial charge in [0.2, 0.25) is 0 Å². The molecule has 0 saturated heterocycles. The smallest absolute Gasteiger partial charge is 0.339 e. The second-order valence-corrected chi connectivity index (χ2v) is 5.43. The fraction of sp³-hybridized carbons (Fsp3) is 0.429. The van der Waals surface area contributed by atoms with Crippen molar-refractivity contribution in [2.24, 2.45) is 0 Å². The van der Waals surface area contributed by atoms with Crippen LogP contribution < -0.4 is 5.32 Å². The highest BCUT2D eigenvalue weighted by atomic mass is 32.2. The molecule has 110 valence electrons. The highest BCUT2D eigenvalue weighted by molar-refractivity contribution is 7.98. The van der Waals surface area contributed by atoms with Crippen molar-refractivity contribution < 1.29 is 14.3 Å². The number of anilines is 1. The third kappa shape index (κ3) is 5.02. The molecule has 0 unspecified atom stereocenters. The first-order chi connectivity index (χ1) is 9.47. The Hall–Kier alpha value is -1.27. The van der Waals surface area contributed by atoms with E-state index in [1.54, 1.807) is 13.0 Å². The molecular formula is C14H19NO3S2. The third-order valence-electron chi connectivity index (χ3n) is 2.28. The van der Waals surface area contributed by atoms with Crippen LogP contribution in [0.25, 0.3) is 0 Å². The summed E-state index contributed by atoms with van der Waals surface area (Å²) < 4.78 is 10.4. The Kier molecular flexibility index (Phi) is 6.81. The molecule has 0 aromatic heterocycles. The summed E-state index contributed by atoms with van der Waals surface area (Å²) in [5.41, 5.74) is 1.23. The summed E-state index contributed by atoms with van der Waals surface area (Å²) in [6, 6.07) is 5.43. The van der Waals surface area contributed by atoms with Gasteiger partial charge in [0, 0.05) is 10.6 Å². The molecule has 0 atom stereocenters. The van der Waals surface area contributed by atoms with E-state index in [1.807, 2.05) is 32.2 Å². The minimum atomic E-state index is -0.337. The second-order valence-electron chi connectivity index (χ2n) is 4.21. The van der Waals surface area contributed by atoms with Crippen LogP contribution in [0.5, 0.6) is 0 Å². The Labute approximate surface area is 129 Å². The molecule has 0 radical (unpaired) electrons. The van der Waals surface area contributed by atoms with Gasteiger partial charge in [-0.2, -0.15) is 0 Å². The molecule has 1 aromatic rings. The largest absolute Gasteiger partial charge is 0.468 e. The molecule has 0 amide bonds. The number of carbonyl (C=O) groups is 1. The predicted molar refractivity (Wildman–Crippen MR) is 86.6 cm³/mol. The highest BCUT2D eigenvalue weighted by Crippen LogP contribution is 2.25. The van der Waals surface area contributed by atoms with E-state index in [2.05, 4.69) is 5.32 Å². The Balaban J connectivity index is 2.92. The first-order valence-electron chi connectivity index (χ1n) is 6.30. The summed E-state index contributed by atoms with van der Waals surface area (Å²) in [6.07, 6.45) is 1.92. The lowest BCUT2D eigenvalue weighted by Gasteiger charge is -2.14. The number of carbonyl (C=O) groups excluding carboxylic acids is 1. The molecular weight excluding hydrogens is 294 g/mol. The molecule has 0 aliphatic rings. The average molecular weight is 313 g/mol. The Morgan fingerprint density at radius 3 is 2.70 bits per heavy atom. The fourth-order valence-electron chi connectivity index (χ4n) is 1.52. The maximum absolute atomic E-state index is 11.9. The topological polar surface area (TPSA) is 47.6 Å². The number of rotatable bonds is 5. The number of ether oxygens (including phenoxy) is 2. The molecule has 1 aromatic carbocycles. The SMILES string of the molecule is CCOC(=O)c1cc(NC(=S)OC(C)C)ccc1SC. The van der Waals surface area contributed by atoms with E-state index in [0.717, 1.165) is 4.90 Å². The van der Waals surface area contributed by atoms with Crippen molar-refractivity contribution in [2.75, 3.05) is 18.2 Å². The first kappa shape index (κ1) is 16.8. The van der Waals surface area contributed by atoms with Gasteiger partial charge >= 0.3 is 5.97 Å². The van der Waals surface area contributed by atoms with Crippen LogP contribution in [0.2, 0.25) is 0 Å². The molecule has 6 heteroatoms. The van der Waals surface area contributed by atoms with E-state index >= 15 is 0 Å². The van der Waals surface area contributed by atoms with Crippen LogP contribution >= 0.6 is 24.0 Å².